The van der Waals surface area contributed by atoms with Crippen LogP contribution >= 0.6 is 24.0 Å². The molecule has 5 nitrogen and oxygen atoms in total. The zero-order chi connectivity index (χ0) is 13.1. The first-order valence-corrected chi connectivity index (χ1v) is 6.65. The SMILES string of the molecule is CC1CC(CN)CN1C(=O)CCn1cc(Cl)cn1.Cl. The van der Waals surface area contributed by atoms with Gasteiger partial charge < -0.3 is 10.6 Å². The number of carbonyl (C=O) groups is 1. The van der Waals surface area contributed by atoms with Crippen molar-refractivity contribution in [3.63, 3.8) is 0 Å². The second-order valence-corrected chi connectivity index (χ2v) is 5.34. The molecular weight excluding hydrogens is 287 g/mol. The predicted octanol–water partition coefficient (Wildman–Crippen LogP) is 1.54. The lowest BCUT2D eigenvalue weighted by Gasteiger charge is -2.21. The number of rotatable bonds is 4. The van der Waals surface area contributed by atoms with Crippen LogP contribution in [0, 0.1) is 5.92 Å². The van der Waals surface area contributed by atoms with Crippen molar-refractivity contribution in [1.82, 2.24) is 14.7 Å². The van der Waals surface area contributed by atoms with Gasteiger partial charge in [-0.2, -0.15) is 5.10 Å². The third kappa shape index (κ3) is 4.09. The number of halogens is 2. The van der Waals surface area contributed by atoms with Crippen LogP contribution in [0.5, 0.6) is 0 Å². The molecule has 1 amide bonds. The Morgan fingerprint density at radius 1 is 1.63 bits per heavy atom. The Balaban J connectivity index is 0.00000180. The minimum Gasteiger partial charge on any atom is -0.340 e. The van der Waals surface area contributed by atoms with Crippen LogP contribution in [0.4, 0.5) is 0 Å². The van der Waals surface area contributed by atoms with Crippen molar-refractivity contribution in [2.75, 3.05) is 13.1 Å². The summed E-state index contributed by atoms with van der Waals surface area (Å²) < 4.78 is 1.70. The third-order valence-electron chi connectivity index (χ3n) is 3.47. The van der Waals surface area contributed by atoms with Gasteiger partial charge in [-0.15, -0.1) is 12.4 Å². The highest BCUT2D eigenvalue weighted by molar-refractivity contribution is 6.30. The summed E-state index contributed by atoms with van der Waals surface area (Å²) in [4.78, 5) is 14.0. The van der Waals surface area contributed by atoms with Gasteiger partial charge in [-0.3, -0.25) is 9.48 Å². The highest BCUT2D eigenvalue weighted by atomic mass is 35.5. The van der Waals surface area contributed by atoms with Gasteiger partial charge in [-0.05, 0) is 25.8 Å². The molecule has 0 saturated carbocycles. The van der Waals surface area contributed by atoms with E-state index in [1.165, 1.54) is 0 Å². The molecule has 1 aromatic heterocycles. The summed E-state index contributed by atoms with van der Waals surface area (Å²) in [6.07, 6.45) is 4.77. The number of carbonyl (C=O) groups excluding carboxylic acids is 1. The summed E-state index contributed by atoms with van der Waals surface area (Å²) in [6.45, 7) is 4.10. The second-order valence-electron chi connectivity index (χ2n) is 4.90. The Hall–Kier alpha value is -0.780. The fourth-order valence-corrected chi connectivity index (χ4v) is 2.63. The van der Waals surface area contributed by atoms with Crippen molar-refractivity contribution >= 4 is 29.9 Å². The van der Waals surface area contributed by atoms with Crippen molar-refractivity contribution in [2.45, 2.75) is 32.4 Å². The second kappa shape index (κ2) is 7.12. The number of nitrogens with zero attached hydrogens (tertiary/aromatic N) is 3. The van der Waals surface area contributed by atoms with Crippen molar-refractivity contribution in [3.05, 3.63) is 17.4 Å². The summed E-state index contributed by atoms with van der Waals surface area (Å²) in [5, 5.41) is 4.66. The first-order chi connectivity index (χ1) is 8.60. The molecule has 2 N–H and O–H groups in total. The van der Waals surface area contributed by atoms with Gasteiger partial charge in [0.15, 0.2) is 0 Å². The van der Waals surface area contributed by atoms with Crippen LogP contribution < -0.4 is 5.73 Å². The smallest absolute Gasteiger partial charge is 0.224 e. The molecule has 1 aromatic rings. The molecule has 0 radical (unpaired) electrons. The van der Waals surface area contributed by atoms with Crippen LogP contribution in [0.2, 0.25) is 5.02 Å². The van der Waals surface area contributed by atoms with E-state index in [0.29, 0.717) is 36.5 Å². The van der Waals surface area contributed by atoms with E-state index in [0.717, 1.165) is 13.0 Å². The summed E-state index contributed by atoms with van der Waals surface area (Å²) in [7, 11) is 0. The molecule has 108 valence electrons. The van der Waals surface area contributed by atoms with Gasteiger partial charge in [0.2, 0.25) is 5.91 Å². The molecule has 0 bridgehead atoms. The molecule has 0 aromatic carbocycles. The Morgan fingerprint density at radius 2 is 2.37 bits per heavy atom. The van der Waals surface area contributed by atoms with Crippen molar-refractivity contribution in [3.8, 4) is 0 Å². The largest absolute Gasteiger partial charge is 0.340 e. The van der Waals surface area contributed by atoms with Gasteiger partial charge in [0, 0.05) is 31.7 Å². The molecule has 0 spiro atoms. The molecule has 2 atom stereocenters. The van der Waals surface area contributed by atoms with Gasteiger partial charge in [-0.25, -0.2) is 0 Å². The number of nitrogens with two attached hydrogens (primary N) is 1. The molecule has 2 rings (SSSR count). The first-order valence-electron chi connectivity index (χ1n) is 6.27. The van der Waals surface area contributed by atoms with E-state index < -0.39 is 0 Å². The molecule has 1 saturated heterocycles. The number of aromatic nitrogens is 2. The van der Waals surface area contributed by atoms with Crippen LogP contribution in [-0.4, -0.2) is 39.7 Å². The number of amides is 1. The minimum atomic E-state index is 0. The first kappa shape index (κ1) is 16.3. The van der Waals surface area contributed by atoms with Crippen LogP contribution in [0.25, 0.3) is 0 Å². The molecule has 1 aliphatic rings. The van der Waals surface area contributed by atoms with Crippen molar-refractivity contribution in [1.29, 1.82) is 0 Å². The number of likely N-dealkylation sites (tertiary alicyclic amines) is 1. The minimum absolute atomic E-state index is 0. The van der Waals surface area contributed by atoms with E-state index in [-0.39, 0.29) is 18.3 Å². The summed E-state index contributed by atoms with van der Waals surface area (Å²) in [5.74, 6) is 0.619. The fraction of sp³-hybridized carbons (Fsp3) is 0.667. The predicted molar refractivity (Wildman–Crippen MR) is 77.4 cm³/mol. The maximum atomic E-state index is 12.1. The Morgan fingerprint density at radius 3 is 2.89 bits per heavy atom. The van der Waals surface area contributed by atoms with Crippen LogP contribution in [-0.2, 0) is 11.3 Å². The van der Waals surface area contributed by atoms with Crippen LogP contribution in [0.3, 0.4) is 0 Å². The van der Waals surface area contributed by atoms with Gasteiger partial charge in [0.1, 0.15) is 0 Å². The van der Waals surface area contributed by atoms with Crippen molar-refractivity contribution in [2.24, 2.45) is 11.7 Å². The lowest BCUT2D eigenvalue weighted by molar-refractivity contribution is -0.132. The lowest BCUT2D eigenvalue weighted by atomic mass is 10.1. The van der Waals surface area contributed by atoms with Gasteiger partial charge in [-0.1, -0.05) is 11.6 Å². The summed E-state index contributed by atoms with van der Waals surface area (Å²) in [6, 6.07) is 0.298. The monoisotopic (exact) mass is 306 g/mol. The molecule has 2 heterocycles. The Bertz CT molecular complexity index is 424. The maximum Gasteiger partial charge on any atom is 0.224 e. The van der Waals surface area contributed by atoms with Crippen LogP contribution in [0.1, 0.15) is 19.8 Å². The summed E-state index contributed by atoms with van der Waals surface area (Å²) >= 11 is 5.77. The van der Waals surface area contributed by atoms with E-state index in [2.05, 4.69) is 12.0 Å². The molecule has 19 heavy (non-hydrogen) atoms. The number of aryl methyl sites for hydroxylation is 1. The third-order valence-corrected chi connectivity index (χ3v) is 3.67. The topological polar surface area (TPSA) is 64.2 Å². The molecule has 1 aliphatic heterocycles. The zero-order valence-corrected chi connectivity index (χ0v) is 12.5. The van der Waals surface area contributed by atoms with E-state index in [4.69, 9.17) is 17.3 Å². The van der Waals surface area contributed by atoms with Crippen LogP contribution in [0.15, 0.2) is 12.4 Å². The summed E-state index contributed by atoms with van der Waals surface area (Å²) in [5.41, 5.74) is 5.66. The average molecular weight is 307 g/mol. The normalized spacial score (nSPS) is 22.4. The Kier molecular flexibility index (Phi) is 6.10. The van der Waals surface area contributed by atoms with E-state index in [1.54, 1.807) is 17.1 Å². The quantitative estimate of drug-likeness (QED) is 0.918. The maximum absolute atomic E-state index is 12.1. The molecule has 7 heteroatoms. The van der Waals surface area contributed by atoms with E-state index in [9.17, 15) is 4.79 Å². The van der Waals surface area contributed by atoms with Gasteiger partial charge >= 0.3 is 0 Å². The van der Waals surface area contributed by atoms with Gasteiger partial charge in [0.05, 0.1) is 11.2 Å². The Labute approximate surface area is 124 Å². The van der Waals surface area contributed by atoms with E-state index in [1.807, 2.05) is 4.90 Å². The highest BCUT2D eigenvalue weighted by Crippen LogP contribution is 2.22. The van der Waals surface area contributed by atoms with Gasteiger partial charge in [0.25, 0.3) is 0 Å². The molecule has 2 unspecified atom stereocenters. The average Bonchev–Trinajstić information content (AvgIpc) is 2.92. The van der Waals surface area contributed by atoms with Crippen molar-refractivity contribution < 1.29 is 4.79 Å². The highest BCUT2D eigenvalue weighted by Gasteiger charge is 2.31. The zero-order valence-electron chi connectivity index (χ0n) is 11.0. The lowest BCUT2D eigenvalue weighted by Crippen LogP contribution is -2.34. The standard InChI is InChI=1S/C12H19ClN4O.ClH/c1-9-4-10(5-14)7-17(9)12(18)2-3-16-8-11(13)6-15-16;/h6,8-10H,2-5,7,14H2,1H3;1H. The molecular formula is C12H20Cl2N4O. The fourth-order valence-electron chi connectivity index (χ4n) is 2.48. The number of hydrogen-bond donors (Lipinski definition) is 1. The van der Waals surface area contributed by atoms with E-state index >= 15 is 0 Å². The number of hydrogen-bond acceptors (Lipinski definition) is 3. The molecule has 1 fully saturated rings. The molecule has 0 aliphatic carbocycles.